The summed E-state index contributed by atoms with van der Waals surface area (Å²) in [7, 11) is 0. The molecule has 0 N–H and O–H groups in total. The van der Waals surface area contributed by atoms with E-state index in [4.69, 9.17) is 15.0 Å². The Hall–Kier alpha value is -5.88. The molecule has 2 aromatic heterocycles. The van der Waals surface area contributed by atoms with Crippen LogP contribution in [-0.2, 0) is 0 Å². The summed E-state index contributed by atoms with van der Waals surface area (Å²) in [5, 5.41) is 4.03. The van der Waals surface area contributed by atoms with Crippen molar-refractivity contribution in [3.8, 4) is 0 Å². The molecule has 4 aromatic carbocycles. The lowest BCUT2D eigenvalue weighted by molar-refractivity contribution is 0.811. The van der Waals surface area contributed by atoms with Crippen molar-refractivity contribution in [2.75, 3.05) is 6.54 Å². The number of pyridine rings is 1. The minimum atomic E-state index is 0.346. The van der Waals surface area contributed by atoms with E-state index in [-0.39, 0.29) is 0 Å². The predicted octanol–water partition coefficient (Wildman–Crippen LogP) is 13.3. The lowest BCUT2D eigenvalue weighted by Crippen LogP contribution is -2.06. The second-order valence-corrected chi connectivity index (χ2v) is 16.8. The van der Waals surface area contributed by atoms with E-state index in [2.05, 4.69) is 158 Å². The van der Waals surface area contributed by atoms with Crippen molar-refractivity contribution in [2.24, 2.45) is 9.98 Å². The molecule has 56 heavy (non-hydrogen) atoms. The fourth-order valence-corrected chi connectivity index (χ4v) is 11.2. The van der Waals surface area contributed by atoms with Crippen molar-refractivity contribution < 1.29 is 0 Å². The first-order valence-electron chi connectivity index (χ1n) is 19.3. The number of rotatable bonds is 7. The average molecular weight is 758 g/mol. The van der Waals surface area contributed by atoms with Crippen LogP contribution in [-0.4, -0.2) is 28.3 Å². The van der Waals surface area contributed by atoms with E-state index in [0.29, 0.717) is 29.5 Å². The number of hydrogen-bond donors (Lipinski definition) is 0. The number of hydrogen-bond acceptors (Lipinski definition) is 5. The van der Waals surface area contributed by atoms with Gasteiger partial charge in [-0.3, -0.25) is 4.99 Å². The zero-order valence-corrected chi connectivity index (χ0v) is 32.7. The van der Waals surface area contributed by atoms with Crippen LogP contribution >= 0.6 is 23.1 Å². The Labute approximate surface area is 336 Å². The van der Waals surface area contributed by atoms with Crippen molar-refractivity contribution in [3.63, 3.8) is 0 Å². The third-order valence-electron chi connectivity index (χ3n) is 11.1. The predicted molar refractivity (Wildman–Crippen MR) is 242 cm³/mol. The fraction of sp³-hybridized carbons (Fsp3) is 0.118. The summed E-state index contributed by atoms with van der Waals surface area (Å²) in [6.45, 7) is 6.59. The first-order chi connectivity index (χ1) is 27.7. The van der Waals surface area contributed by atoms with Crippen molar-refractivity contribution >= 4 is 71.3 Å². The van der Waals surface area contributed by atoms with Crippen LogP contribution in [0.2, 0.25) is 0 Å². The maximum absolute atomic E-state index is 5.38. The summed E-state index contributed by atoms with van der Waals surface area (Å²) in [4.78, 5) is 17.3. The maximum atomic E-state index is 5.38. The van der Waals surface area contributed by atoms with Gasteiger partial charge in [0.05, 0.1) is 23.5 Å². The number of thiophene rings is 1. The molecule has 4 aliphatic rings. The Kier molecular flexibility index (Phi) is 9.05. The SMILES string of the molecule is C=C/C=C(\C=C/C)c1nc2cc(C3=NCC(C4=CCC(c5cccc6c5SC5C=CC=CC65)C=C4)=CC(c4ccccc4)=N3)ccc2c2sc3ccccc3c12. The Morgan fingerprint density at radius 1 is 0.857 bits per heavy atom. The van der Waals surface area contributed by atoms with E-state index in [9.17, 15) is 0 Å². The molecule has 0 spiro atoms. The number of nitrogens with zero attached hydrogens (tertiary/aromatic N) is 3. The maximum Gasteiger partial charge on any atom is 0.155 e. The molecule has 10 rings (SSSR count). The van der Waals surface area contributed by atoms with Crippen molar-refractivity contribution in [1.29, 1.82) is 0 Å². The van der Waals surface area contributed by atoms with Gasteiger partial charge in [-0.25, -0.2) is 9.98 Å². The third-order valence-corrected chi connectivity index (χ3v) is 13.8. The number of aliphatic imine (C=N–C) groups is 2. The Morgan fingerprint density at radius 2 is 1.71 bits per heavy atom. The van der Waals surface area contributed by atoms with Gasteiger partial charge in [0.15, 0.2) is 5.84 Å². The quantitative estimate of drug-likeness (QED) is 0.152. The second-order valence-electron chi connectivity index (χ2n) is 14.5. The Bertz CT molecular complexity index is 2870. The normalized spacial score (nSPS) is 20.5. The van der Waals surface area contributed by atoms with Crippen molar-refractivity contribution in [3.05, 3.63) is 210 Å². The molecule has 0 amide bonds. The Balaban J connectivity index is 1.02. The van der Waals surface area contributed by atoms with Gasteiger partial charge >= 0.3 is 0 Å². The van der Waals surface area contributed by atoms with E-state index in [1.807, 2.05) is 42.2 Å². The van der Waals surface area contributed by atoms with Crippen LogP contribution in [0.1, 0.15) is 53.1 Å². The minimum Gasteiger partial charge on any atom is -0.261 e. The second kappa shape index (κ2) is 14.6. The summed E-state index contributed by atoms with van der Waals surface area (Å²) in [5.41, 5.74) is 11.1. The molecule has 0 saturated carbocycles. The molecule has 6 aromatic rings. The van der Waals surface area contributed by atoms with Crippen LogP contribution in [0.15, 0.2) is 197 Å². The molecule has 2 aliphatic heterocycles. The van der Waals surface area contributed by atoms with E-state index < -0.39 is 0 Å². The number of fused-ring (bicyclic) bond motifs is 8. The topological polar surface area (TPSA) is 37.6 Å². The monoisotopic (exact) mass is 757 g/mol. The van der Waals surface area contributed by atoms with Crippen LogP contribution in [0, 0.1) is 0 Å². The lowest BCUT2D eigenvalue weighted by atomic mass is 9.85. The van der Waals surface area contributed by atoms with Crippen LogP contribution in [0.4, 0.5) is 0 Å². The molecule has 0 bridgehead atoms. The first-order valence-corrected chi connectivity index (χ1v) is 21.0. The smallest absolute Gasteiger partial charge is 0.155 e. The zero-order valence-electron chi connectivity index (χ0n) is 31.1. The molecular weight excluding hydrogens is 719 g/mol. The van der Waals surface area contributed by atoms with Gasteiger partial charge in [0.2, 0.25) is 0 Å². The summed E-state index contributed by atoms with van der Waals surface area (Å²) in [6.07, 6.45) is 27.5. The van der Waals surface area contributed by atoms with Crippen molar-refractivity contribution in [1.82, 2.24) is 4.98 Å². The van der Waals surface area contributed by atoms with Gasteiger partial charge in [-0.05, 0) is 53.8 Å². The molecule has 5 heteroatoms. The lowest BCUT2D eigenvalue weighted by Gasteiger charge is -2.20. The zero-order chi connectivity index (χ0) is 37.6. The summed E-state index contributed by atoms with van der Waals surface area (Å²) >= 11 is 3.85. The highest BCUT2D eigenvalue weighted by atomic mass is 32.2. The van der Waals surface area contributed by atoms with E-state index in [1.54, 1.807) is 0 Å². The van der Waals surface area contributed by atoms with Crippen LogP contribution in [0.3, 0.4) is 0 Å². The van der Waals surface area contributed by atoms with E-state index in [1.165, 1.54) is 47.3 Å². The molecule has 270 valence electrons. The van der Waals surface area contributed by atoms with Gasteiger partial charge in [0, 0.05) is 64.2 Å². The fourth-order valence-electron chi connectivity index (χ4n) is 8.44. The minimum absolute atomic E-state index is 0.346. The van der Waals surface area contributed by atoms with E-state index in [0.717, 1.165) is 45.4 Å². The summed E-state index contributed by atoms with van der Waals surface area (Å²) in [6, 6.07) is 32.5. The highest BCUT2D eigenvalue weighted by molar-refractivity contribution is 8.00. The number of allylic oxidation sites excluding steroid dienone is 12. The van der Waals surface area contributed by atoms with Gasteiger partial charge in [-0.15, -0.1) is 23.1 Å². The largest absolute Gasteiger partial charge is 0.261 e. The molecule has 3 atom stereocenters. The molecule has 2 aliphatic carbocycles. The van der Waals surface area contributed by atoms with Gasteiger partial charge in [-0.2, -0.15) is 0 Å². The standard InChI is InChI=1S/C51H39N3S2/c1-3-13-35(14-4-2)48-47-42-18-9-11-22-46(42)56-50(47)41-28-27-36(29-44(41)53-48)51-52-31-37(30-43(54-51)34-15-6-5-7-16-34)32-23-25-33(26-24-32)38-19-12-20-40-39-17-8-10-21-45(39)55-49(38)40/h3-25,27-30,33,39,45H,1,26,31H2,2H3/b14-4-,35-13+. The van der Waals surface area contributed by atoms with Gasteiger partial charge in [-0.1, -0.05) is 152 Å². The molecular formula is C51H39N3S2. The third kappa shape index (κ3) is 6.12. The van der Waals surface area contributed by atoms with Crippen LogP contribution in [0.5, 0.6) is 0 Å². The average Bonchev–Trinajstić information content (AvgIpc) is 3.75. The van der Waals surface area contributed by atoms with Crippen LogP contribution in [0.25, 0.3) is 36.6 Å². The van der Waals surface area contributed by atoms with Crippen LogP contribution < -0.4 is 0 Å². The molecule has 3 nitrogen and oxygen atoms in total. The highest BCUT2D eigenvalue weighted by Crippen LogP contribution is 2.51. The number of aromatic nitrogens is 1. The van der Waals surface area contributed by atoms with Gasteiger partial charge < -0.3 is 0 Å². The summed E-state index contributed by atoms with van der Waals surface area (Å²) < 4.78 is 2.48. The number of thioether (sulfide) groups is 1. The summed E-state index contributed by atoms with van der Waals surface area (Å²) in [5.74, 6) is 1.53. The molecule has 3 unspecified atom stereocenters. The molecule has 0 radical (unpaired) electrons. The van der Waals surface area contributed by atoms with Gasteiger partial charge in [0.1, 0.15) is 0 Å². The van der Waals surface area contributed by atoms with Crippen molar-refractivity contribution in [2.45, 2.75) is 35.3 Å². The molecule has 4 heterocycles. The highest BCUT2D eigenvalue weighted by Gasteiger charge is 2.33. The van der Waals surface area contributed by atoms with E-state index >= 15 is 0 Å². The number of amidine groups is 1. The number of benzene rings is 4. The molecule has 0 saturated heterocycles. The first kappa shape index (κ1) is 34.6. The van der Waals surface area contributed by atoms with Gasteiger partial charge in [0.25, 0.3) is 0 Å². The molecule has 0 fully saturated rings. The Morgan fingerprint density at radius 3 is 2.57 bits per heavy atom.